The number of hydrogen-bond donors (Lipinski definition) is 1. The lowest BCUT2D eigenvalue weighted by Crippen LogP contribution is -2.47. The number of amidine groups is 1. The lowest BCUT2D eigenvalue weighted by molar-refractivity contribution is -0.192. The molecule has 10 heteroatoms. The van der Waals surface area contributed by atoms with Crippen molar-refractivity contribution < 1.29 is 32.3 Å². The predicted octanol–water partition coefficient (Wildman–Crippen LogP) is 3.96. The molecule has 4 rings (SSSR count). The molecule has 0 bridgehead atoms. The zero-order valence-electron chi connectivity index (χ0n) is 18.9. The van der Waals surface area contributed by atoms with Crippen LogP contribution in [0, 0.1) is 23.6 Å². The summed E-state index contributed by atoms with van der Waals surface area (Å²) in [6, 6.07) is 6.75. The second-order valence-electron chi connectivity index (χ2n) is 9.42. The molecule has 1 aliphatic carbocycles. The van der Waals surface area contributed by atoms with Gasteiger partial charge < -0.3 is 5.11 Å². The molecule has 3 atom stereocenters. The van der Waals surface area contributed by atoms with Crippen LogP contribution in [0.25, 0.3) is 0 Å². The van der Waals surface area contributed by atoms with Crippen LogP contribution < -0.4 is 0 Å². The van der Waals surface area contributed by atoms with E-state index in [1.807, 2.05) is 24.0 Å². The van der Waals surface area contributed by atoms with Gasteiger partial charge in [0.05, 0.1) is 0 Å². The largest absolute Gasteiger partial charge is 0.490 e. The maximum atomic E-state index is 13.3. The number of likely N-dealkylation sites (tertiary alicyclic amines) is 1. The number of aliphatic carboxylic acids is 1. The van der Waals surface area contributed by atoms with Gasteiger partial charge in [0.2, 0.25) is 0 Å². The van der Waals surface area contributed by atoms with E-state index in [9.17, 15) is 22.4 Å². The fourth-order valence-electron chi connectivity index (χ4n) is 5.12. The van der Waals surface area contributed by atoms with Crippen molar-refractivity contribution in [3.63, 3.8) is 0 Å². The van der Waals surface area contributed by atoms with E-state index < -0.39 is 17.7 Å². The Labute approximate surface area is 190 Å². The highest BCUT2D eigenvalue weighted by atomic mass is 19.4. The number of rotatable bonds is 4. The summed E-state index contributed by atoms with van der Waals surface area (Å²) in [5, 5.41) is 7.12. The van der Waals surface area contributed by atoms with Gasteiger partial charge in [-0.05, 0) is 49.3 Å². The van der Waals surface area contributed by atoms with Crippen molar-refractivity contribution in [1.82, 2.24) is 9.80 Å². The maximum Gasteiger partial charge on any atom is 0.490 e. The summed E-state index contributed by atoms with van der Waals surface area (Å²) in [5.74, 6) is -0.557. The molecule has 1 aromatic carbocycles. The Balaban J connectivity index is 0.000000383. The zero-order chi connectivity index (χ0) is 24.6. The summed E-state index contributed by atoms with van der Waals surface area (Å²) in [4.78, 5) is 31.4. The van der Waals surface area contributed by atoms with Crippen molar-refractivity contribution >= 4 is 17.7 Å². The Hall–Kier alpha value is -2.49. The number of hydrogen-bond acceptors (Lipinski definition) is 4. The number of aliphatic imine (C=N–C) groups is 1. The van der Waals surface area contributed by atoms with Crippen LogP contribution in [0.5, 0.6) is 0 Å². The van der Waals surface area contributed by atoms with Crippen molar-refractivity contribution in [3.05, 3.63) is 35.6 Å². The maximum absolute atomic E-state index is 13.3. The van der Waals surface area contributed by atoms with E-state index >= 15 is 0 Å². The van der Waals surface area contributed by atoms with Crippen molar-refractivity contribution in [2.75, 3.05) is 19.6 Å². The van der Waals surface area contributed by atoms with E-state index in [0.717, 1.165) is 50.4 Å². The lowest BCUT2D eigenvalue weighted by atomic mass is 9.84. The Morgan fingerprint density at radius 3 is 2.39 bits per heavy atom. The molecular weight excluding hydrogens is 442 g/mol. The van der Waals surface area contributed by atoms with E-state index in [1.165, 1.54) is 12.1 Å². The molecule has 2 heterocycles. The van der Waals surface area contributed by atoms with Gasteiger partial charge in [-0.25, -0.2) is 9.18 Å². The van der Waals surface area contributed by atoms with Crippen LogP contribution >= 0.6 is 0 Å². The molecule has 1 N–H and O–H groups in total. The summed E-state index contributed by atoms with van der Waals surface area (Å²) >= 11 is 0. The number of carbonyl (C=O) groups is 2. The van der Waals surface area contributed by atoms with E-state index in [1.54, 1.807) is 0 Å². The predicted molar refractivity (Wildman–Crippen MR) is 114 cm³/mol. The molecule has 182 valence electrons. The smallest absolute Gasteiger partial charge is 0.475 e. The Morgan fingerprint density at radius 1 is 1.24 bits per heavy atom. The first-order chi connectivity index (χ1) is 15.3. The average Bonchev–Trinajstić information content (AvgIpc) is 3.33. The van der Waals surface area contributed by atoms with Crippen molar-refractivity contribution in [2.45, 2.75) is 51.9 Å². The van der Waals surface area contributed by atoms with Crippen LogP contribution in [0.4, 0.5) is 17.6 Å². The number of nitrogens with zero attached hydrogens (tertiary/aromatic N) is 3. The number of alkyl halides is 3. The van der Waals surface area contributed by atoms with E-state index in [2.05, 4.69) is 18.7 Å². The van der Waals surface area contributed by atoms with Crippen molar-refractivity contribution in [2.24, 2.45) is 22.7 Å². The van der Waals surface area contributed by atoms with Crippen molar-refractivity contribution in [1.29, 1.82) is 0 Å². The third-order valence-corrected chi connectivity index (χ3v) is 6.50. The summed E-state index contributed by atoms with van der Waals surface area (Å²) in [6.45, 7) is 9.75. The summed E-state index contributed by atoms with van der Waals surface area (Å²) in [6.07, 6.45) is -3.12. The van der Waals surface area contributed by atoms with Gasteiger partial charge in [0.1, 0.15) is 17.2 Å². The number of carboxylic acid groups (broad SMARTS) is 1. The van der Waals surface area contributed by atoms with Crippen LogP contribution in [0.15, 0.2) is 29.3 Å². The highest BCUT2D eigenvalue weighted by Crippen LogP contribution is 2.50. The second-order valence-corrected chi connectivity index (χ2v) is 9.42. The third-order valence-electron chi connectivity index (χ3n) is 6.50. The first-order valence-corrected chi connectivity index (χ1v) is 11.0. The first kappa shape index (κ1) is 25.1. The lowest BCUT2D eigenvalue weighted by Gasteiger charge is -2.29. The molecule has 1 amide bonds. The second kappa shape index (κ2) is 9.40. The highest BCUT2D eigenvalue weighted by Gasteiger charge is 2.60. The minimum Gasteiger partial charge on any atom is -0.475 e. The molecule has 6 nitrogen and oxygen atoms in total. The summed E-state index contributed by atoms with van der Waals surface area (Å²) in [5.41, 5.74) is 0.598. The van der Waals surface area contributed by atoms with Gasteiger partial charge in [-0.3, -0.25) is 19.6 Å². The number of carboxylic acids is 1. The number of carbonyl (C=O) groups excluding carboxylic acids is 1. The van der Waals surface area contributed by atoms with Crippen molar-refractivity contribution in [3.8, 4) is 0 Å². The molecule has 1 saturated heterocycles. The van der Waals surface area contributed by atoms with Gasteiger partial charge in [-0.1, -0.05) is 26.0 Å². The third kappa shape index (κ3) is 5.37. The van der Waals surface area contributed by atoms with E-state index in [4.69, 9.17) is 14.9 Å². The summed E-state index contributed by atoms with van der Waals surface area (Å²) < 4.78 is 44.9. The average molecular weight is 471 g/mol. The fourth-order valence-corrected chi connectivity index (χ4v) is 5.12. The minimum absolute atomic E-state index is 0.197. The van der Waals surface area contributed by atoms with E-state index in [0.29, 0.717) is 17.8 Å². The van der Waals surface area contributed by atoms with Crippen LogP contribution in [0.2, 0.25) is 0 Å². The van der Waals surface area contributed by atoms with Crippen LogP contribution in [0.1, 0.15) is 39.2 Å². The Kier molecular flexibility index (Phi) is 7.16. The van der Waals surface area contributed by atoms with Crippen LogP contribution in [-0.4, -0.2) is 64.0 Å². The van der Waals surface area contributed by atoms with Gasteiger partial charge in [0, 0.05) is 32.1 Å². The molecular formula is C23H29F4N3O3. The highest BCUT2D eigenvalue weighted by molar-refractivity contribution is 6.07. The normalized spacial score (nSPS) is 27.1. The molecule has 1 spiro atoms. The topological polar surface area (TPSA) is 73.2 Å². The fraction of sp³-hybridized carbons (Fsp3) is 0.609. The molecule has 33 heavy (non-hydrogen) atoms. The molecule has 3 aliphatic rings. The molecule has 2 aliphatic heterocycles. The SMILES string of the molecule is CC1=N[C@@]2(CC[C@@H]3CN(Cc4ccc(F)cc4)C[C@@H]32)C(=O)N1CC(C)C.O=C(O)C(F)(F)F. The van der Waals surface area contributed by atoms with Gasteiger partial charge in [0.15, 0.2) is 0 Å². The molecule has 1 aromatic rings. The van der Waals surface area contributed by atoms with Crippen LogP contribution in [-0.2, 0) is 16.1 Å². The monoisotopic (exact) mass is 471 g/mol. The number of fused-ring (bicyclic) bond motifs is 2. The molecule has 0 radical (unpaired) electrons. The van der Waals surface area contributed by atoms with E-state index in [-0.39, 0.29) is 11.7 Å². The molecule has 2 fully saturated rings. The first-order valence-electron chi connectivity index (χ1n) is 11.0. The van der Waals surface area contributed by atoms with Gasteiger partial charge in [-0.15, -0.1) is 0 Å². The molecule has 1 saturated carbocycles. The number of halogens is 4. The Morgan fingerprint density at radius 2 is 1.85 bits per heavy atom. The molecule has 0 aromatic heterocycles. The molecule has 0 unspecified atom stereocenters. The number of benzene rings is 1. The summed E-state index contributed by atoms with van der Waals surface area (Å²) in [7, 11) is 0. The van der Waals surface area contributed by atoms with Gasteiger partial charge >= 0.3 is 12.1 Å². The minimum atomic E-state index is -5.08. The van der Waals surface area contributed by atoms with Gasteiger partial charge in [-0.2, -0.15) is 13.2 Å². The van der Waals surface area contributed by atoms with Crippen LogP contribution in [0.3, 0.4) is 0 Å². The quantitative estimate of drug-likeness (QED) is 0.675. The number of amides is 1. The standard InChI is InChI=1S/C21H28FN3O.C2HF3O2/c1-14(2)10-25-15(3)23-21(20(25)26)9-8-17-12-24(13-19(17)21)11-16-4-6-18(22)7-5-16;3-2(4,5)1(6)7/h4-7,14,17,19H,8-13H2,1-3H3;(H,6,7)/t17-,19+,21-;/m1./s1. The Bertz CT molecular complexity index is 917. The zero-order valence-corrected chi connectivity index (χ0v) is 18.9. The van der Waals surface area contributed by atoms with Gasteiger partial charge in [0.25, 0.3) is 5.91 Å².